The lowest BCUT2D eigenvalue weighted by atomic mass is 9.67. The van der Waals surface area contributed by atoms with Gasteiger partial charge in [0.2, 0.25) is 0 Å². The fraction of sp³-hybridized carbons (Fsp3) is 0.280. The third-order valence-electron chi connectivity index (χ3n) is 6.99. The Kier molecular flexibility index (Phi) is 4.19. The topological polar surface area (TPSA) is 9.23 Å². The fourth-order valence-electron chi connectivity index (χ4n) is 5.65. The van der Waals surface area contributed by atoms with Crippen LogP contribution in [0.25, 0.3) is 0 Å². The molecule has 2 aliphatic rings. The Morgan fingerprint density at radius 3 is 2.04 bits per heavy atom. The van der Waals surface area contributed by atoms with Crippen LogP contribution in [0.15, 0.2) is 84.9 Å². The zero-order valence-corrected chi connectivity index (χ0v) is 16.7. The van der Waals surface area contributed by atoms with Crippen LogP contribution in [0.1, 0.15) is 29.5 Å². The van der Waals surface area contributed by atoms with E-state index in [-0.39, 0.29) is 7.05 Å². The van der Waals surface area contributed by atoms with E-state index >= 15 is 0 Å². The van der Waals surface area contributed by atoms with Crippen LogP contribution in [-0.2, 0) is 10.3 Å². The quantitative estimate of drug-likeness (QED) is 0.628. The zero-order chi connectivity index (χ0) is 19.2. The Morgan fingerprint density at radius 2 is 1.43 bits per heavy atom. The average molecular weight is 368 g/mol. The van der Waals surface area contributed by atoms with Crippen molar-refractivity contribution in [3.63, 3.8) is 0 Å². The third kappa shape index (κ3) is 2.43. The lowest BCUT2D eigenvalue weighted by Gasteiger charge is -2.38. The van der Waals surface area contributed by atoms with E-state index in [1.54, 1.807) is 0 Å². The van der Waals surface area contributed by atoms with E-state index in [0.717, 1.165) is 10.9 Å². The molecule has 28 heavy (non-hydrogen) atoms. The molecule has 3 aromatic carbocycles. The smallest absolute Gasteiger partial charge is 0.359 e. The van der Waals surface area contributed by atoms with E-state index in [9.17, 15) is 0 Å². The Morgan fingerprint density at radius 1 is 0.857 bits per heavy atom. The number of hydrogen-bond donors (Lipinski definition) is 0. The molecule has 0 N–H and O–H groups in total. The summed E-state index contributed by atoms with van der Waals surface area (Å²) in [7, 11) is 2.46. The van der Waals surface area contributed by atoms with E-state index in [2.05, 4.69) is 98.9 Å². The van der Waals surface area contributed by atoms with Gasteiger partial charge in [-0.1, -0.05) is 84.9 Å². The van der Waals surface area contributed by atoms with Gasteiger partial charge in [0.05, 0.1) is 13.6 Å². The Bertz CT molecular complexity index is 935. The van der Waals surface area contributed by atoms with Crippen molar-refractivity contribution in [2.24, 2.45) is 0 Å². The standard InChI is InChI=1S/C25H27BNO/c1-20-12-9-10-17-23(20)26-27(2)19-11-18-24(27)25(28-26,21-13-5-3-6-14-21)22-15-7-4-8-16-22/h3-10,12-17,24H,11,18-19H2,1-2H3/q+1/t24-,27-/m0/s1. The molecule has 0 aliphatic carbocycles. The molecule has 140 valence electrons. The second-order valence-corrected chi connectivity index (χ2v) is 8.52. The van der Waals surface area contributed by atoms with Crippen LogP contribution < -0.4 is 5.46 Å². The Hall–Kier alpha value is -2.36. The molecule has 2 fully saturated rings. The van der Waals surface area contributed by atoms with Crippen molar-refractivity contribution in [2.75, 3.05) is 13.6 Å². The van der Waals surface area contributed by atoms with Crippen molar-refractivity contribution in [1.29, 1.82) is 0 Å². The van der Waals surface area contributed by atoms with E-state index in [1.807, 2.05) is 0 Å². The molecule has 0 unspecified atom stereocenters. The second-order valence-electron chi connectivity index (χ2n) is 8.52. The molecular weight excluding hydrogens is 341 g/mol. The normalized spacial score (nSPS) is 25.6. The maximum absolute atomic E-state index is 7.23. The number of quaternary nitrogens is 1. The molecule has 2 nitrogen and oxygen atoms in total. The first-order chi connectivity index (χ1) is 13.7. The highest BCUT2D eigenvalue weighted by Gasteiger charge is 2.69. The van der Waals surface area contributed by atoms with Crippen molar-refractivity contribution < 1.29 is 9.05 Å². The van der Waals surface area contributed by atoms with Gasteiger partial charge >= 0.3 is 7.05 Å². The predicted molar refractivity (Wildman–Crippen MR) is 115 cm³/mol. The summed E-state index contributed by atoms with van der Waals surface area (Å²) in [6.45, 7) is 3.37. The predicted octanol–water partition coefficient (Wildman–Crippen LogP) is 4.27. The van der Waals surface area contributed by atoms with E-state index in [0.29, 0.717) is 6.04 Å². The monoisotopic (exact) mass is 368 g/mol. The van der Waals surface area contributed by atoms with Crippen LogP contribution in [0.2, 0.25) is 0 Å². The molecule has 3 aromatic rings. The molecule has 2 saturated heterocycles. The van der Waals surface area contributed by atoms with Crippen molar-refractivity contribution >= 4 is 12.5 Å². The summed E-state index contributed by atoms with van der Waals surface area (Å²) in [6, 6.07) is 30.9. The molecule has 2 aliphatic heterocycles. The summed E-state index contributed by atoms with van der Waals surface area (Å²) in [5, 5.41) is 0. The first-order valence-corrected chi connectivity index (χ1v) is 10.4. The average Bonchev–Trinajstić information content (AvgIpc) is 3.24. The van der Waals surface area contributed by atoms with Crippen molar-refractivity contribution in [2.45, 2.75) is 31.4 Å². The van der Waals surface area contributed by atoms with E-state index < -0.39 is 5.60 Å². The van der Waals surface area contributed by atoms with Gasteiger partial charge in [-0.2, -0.15) is 0 Å². The van der Waals surface area contributed by atoms with Crippen molar-refractivity contribution in [1.82, 2.24) is 0 Å². The van der Waals surface area contributed by atoms with Gasteiger partial charge in [0.1, 0.15) is 6.04 Å². The molecule has 5 rings (SSSR count). The van der Waals surface area contributed by atoms with Crippen LogP contribution in [0.3, 0.4) is 0 Å². The molecule has 2 atom stereocenters. The fourth-order valence-corrected chi connectivity index (χ4v) is 5.65. The Balaban J connectivity index is 1.75. The van der Waals surface area contributed by atoms with Crippen LogP contribution >= 0.6 is 0 Å². The first-order valence-electron chi connectivity index (χ1n) is 10.4. The van der Waals surface area contributed by atoms with Crippen LogP contribution in [0, 0.1) is 6.92 Å². The summed E-state index contributed by atoms with van der Waals surface area (Å²) in [6.07, 6.45) is 2.43. The number of benzene rings is 3. The molecular formula is C25H27BNO+. The van der Waals surface area contributed by atoms with Crippen LogP contribution in [0.5, 0.6) is 0 Å². The lowest BCUT2D eigenvalue weighted by Crippen LogP contribution is -2.60. The third-order valence-corrected chi connectivity index (χ3v) is 6.99. The summed E-state index contributed by atoms with van der Waals surface area (Å²) < 4.78 is 8.18. The summed E-state index contributed by atoms with van der Waals surface area (Å²) >= 11 is 0. The minimum absolute atomic E-state index is 0.0501. The van der Waals surface area contributed by atoms with Gasteiger partial charge in [-0.3, -0.25) is 0 Å². The number of nitrogens with zero attached hydrogens (tertiary/aromatic N) is 1. The van der Waals surface area contributed by atoms with Crippen molar-refractivity contribution in [3.8, 4) is 0 Å². The SMILES string of the molecule is Cc1ccccc1B1OC(c2ccccc2)(c2ccccc2)[C@@H]2CCC[N@+]12C. The van der Waals surface area contributed by atoms with Gasteiger partial charge in [0.15, 0.2) is 5.60 Å². The van der Waals surface area contributed by atoms with Gasteiger partial charge in [0, 0.05) is 18.3 Å². The maximum atomic E-state index is 7.23. The number of rotatable bonds is 3. The second kappa shape index (κ2) is 6.61. The summed E-state index contributed by atoms with van der Waals surface area (Å²) in [4.78, 5) is 0. The molecule has 0 bridgehead atoms. The van der Waals surface area contributed by atoms with Gasteiger partial charge < -0.3 is 9.05 Å². The van der Waals surface area contributed by atoms with E-state index in [1.165, 1.54) is 35.0 Å². The van der Waals surface area contributed by atoms with Gasteiger partial charge in [0.25, 0.3) is 0 Å². The van der Waals surface area contributed by atoms with Gasteiger partial charge in [-0.05, 0) is 23.6 Å². The minimum atomic E-state index is -0.416. The molecule has 0 amide bonds. The van der Waals surface area contributed by atoms with Crippen molar-refractivity contribution in [3.05, 3.63) is 102 Å². The molecule has 0 aromatic heterocycles. The van der Waals surface area contributed by atoms with Gasteiger partial charge in [-0.15, -0.1) is 0 Å². The highest BCUT2D eigenvalue weighted by molar-refractivity contribution is 6.61. The molecule has 2 heterocycles. The van der Waals surface area contributed by atoms with Crippen LogP contribution in [-0.4, -0.2) is 31.1 Å². The number of hydrogen-bond acceptors (Lipinski definition) is 1. The lowest BCUT2D eigenvalue weighted by molar-refractivity contribution is -0.815. The number of likely N-dealkylation sites (N-methyl/N-ethyl adjacent to an activating group) is 1. The number of aryl methyl sites for hydroxylation is 1. The highest BCUT2D eigenvalue weighted by atomic mass is 16.5. The van der Waals surface area contributed by atoms with E-state index in [4.69, 9.17) is 4.65 Å². The Labute approximate surface area is 168 Å². The minimum Gasteiger partial charge on any atom is -0.359 e. The summed E-state index contributed by atoms with van der Waals surface area (Å²) in [5.41, 5.74) is 4.77. The largest absolute Gasteiger partial charge is 0.612 e. The van der Waals surface area contributed by atoms with Gasteiger partial charge in [-0.25, -0.2) is 0 Å². The highest BCUT2D eigenvalue weighted by Crippen LogP contribution is 2.52. The molecule has 0 saturated carbocycles. The maximum Gasteiger partial charge on any atom is 0.612 e. The zero-order valence-electron chi connectivity index (χ0n) is 16.7. The number of fused-ring (bicyclic) bond motifs is 1. The van der Waals surface area contributed by atoms with Crippen LogP contribution in [0.4, 0.5) is 0 Å². The first kappa shape index (κ1) is 17.7. The molecule has 0 radical (unpaired) electrons. The summed E-state index contributed by atoms with van der Waals surface area (Å²) in [5.74, 6) is 0. The molecule has 0 spiro atoms. The molecule has 3 heteroatoms.